The van der Waals surface area contributed by atoms with Crippen LogP contribution < -0.4 is 11.1 Å². The molecule has 6 N–H and O–H groups in total. The van der Waals surface area contributed by atoms with Crippen LogP contribution in [-0.4, -0.2) is 42.4 Å². The average Bonchev–Trinajstić information content (AvgIpc) is 2.95. The Hall–Kier alpha value is -2.68. The number of hydrogen-bond acceptors (Lipinski definition) is 8. The molecule has 0 aliphatic carbocycles. The third-order valence-corrected chi connectivity index (χ3v) is 3.89. The van der Waals surface area contributed by atoms with Crippen LogP contribution in [0.1, 0.15) is 0 Å². The highest BCUT2D eigenvalue weighted by molar-refractivity contribution is 7.99. The molecule has 3 rings (SSSR count). The number of rotatable bonds is 5. The Labute approximate surface area is 129 Å². The van der Waals surface area contributed by atoms with Gasteiger partial charge in [-0.05, 0) is 12.1 Å². The highest BCUT2D eigenvalue weighted by Crippen LogP contribution is 2.27. The summed E-state index contributed by atoms with van der Waals surface area (Å²) < 4.78 is 0. The number of aromatic hydroxyl groups is 2. The number of hydrogen-bond donors (Lipinski definition) is 5. The van der Waals surface area contributed by atoms with Crippen molar-refractivity contribution in [1.29, 1.82) is 0 Å². The highest BCUT2D eigenvalue weighted by atomic mass is 32.2. The largest absolute Gasteiger partial charge is 0.504 e. The summed E-state index contributed by atoms with van der Waals surface area (Å²) in [6, 6.07) is 4.59. The molecule has 114 valence electrons. The van der Waals surface area contributed by atoms with E-state index in [1.165, 1.54) is 23.9 Å². The summed E-state index contributed by atoms with van der Waals surface area (Å²) in [5.74, 6) is 0.628. The normalized spacial score (nSPS) is 10.9. The van der Waals surface area contributed by atoms with Gasteiger partial charge in [-0.1, -0.05) is 0 Å². The zero-order valence-electron chi connectivity index (χ0n) is 11.4. The van der Waals surface area contributed by atoms with Crippen molar-refractivity contribution >= 4 is 34.6 Å². The number of anilines is 2. The number of fused-ring (bicyclic) bond motifs is 1. The minimum atomic E-state index is -0.152. The first-order chi connectivity index (χ1) is 10.6. The molecule has 0 radical (unpaired) electrons. The Balaban J connectivity index is 1.60. The molecular weight excluding hydrogens is 304 g/mol. The molecule has 9 heteroatoms. The first-order valence-corrected chi connectivity index (χ1v) is 7.47. The Morgan fingerprint density at radius 1 is 1.23 bits per heavy atom. The number of phenolic OH excluding ortho intramolecular Hbond substituents is 2. The van der Waals surface area contributed by atoms with E-state index in [9.17, 15) is 10.2 Å². The standard InChI is InChI=1S/C13H14N6O2S/c14-13-18-11-10(16-6-17-11)12(19-13)22-4-3-15-7-1-2-8(20)9(21)5-7/h1-2,5-6,15,20-21H,3-4H2,(H3,14,16,17,18,19). The lowest BCUT2D eigenvalue weighted by Crippen LogP contribution is -2.05. The zero-order valence-corrected chi connectivity index (χ0v) is 12.3. The number of phenols is 2. The number of aromatic amines is 1. The van der Waals surface area contributed by atoms with Crippen LogP contribution in [0.2, 0.25) is 0 Å². The summed E-state index contributed by atoms with van der Waals surface area (Å²) in [5, 5.41) is 22.6. The molecule has 2 aromatic heterocycles. The van der Waals surface area contributed by atoms with E-state index < -0.39 is 0 Å². The van der Waals surface area contributed by atoms with Crippen LogP contribution in [0.25, 0.3) is 11.2 Å². The first kappa shape index (κ1) is 14.3. The molecule has 0 spiro atoms. The van der Waals surface area contributed by atoms with Gasteiger partial charge >= 0.3 is 0 Å². The van der Waals surface area contributed by atoms with E-state index in [2.05, 4.69) is 25.3 Å². The SMILES string of the molecule is Nc1nc(SCCNc2ccc(O)c(O)c2)c2[nH]cnc2n1. The lowest BCUT2D eigenvalue weighted by Gasteiger charge is -2.07. The van der Waals surface area contributed by atoms with Crippen LogP contribution in [0.3, 0.4) is 0 Å². The van der Waals surface area contributed by atoms with Crippen LogP contribution >= 0.6 is 11.8 Å². The van der Waals surface area contributed by atoms with Gasteiger partial charge in [0.05, 0.1) is 6.33 Å². The number of thioether (sulfide) groups is 1. The maximum absolute atomic E-state index is 9.42. The molecule has 22 heavy (non-hydrogen) atoms. The fourth-order valence-electron chi connectivity index (χ4n) is 1.90. The van der Waals surface area contributed by atoms with Crippen molar-refractivity contribution in [1.82, 2.24) is 19.9 Å². The van der Waals surface area contributed by atoms with Gasteiger partial charge in [-0.25, -0.2) is 9.97 Å². The predicted octanol–water partition coefficient (Wildman–Crippen LogP) is 1.55. The van der Waals surface area contributed by atoms with Crippen LogP contribution in [0.5, 0.6) is 11.5 Å². The van der Waals surface area contributed by atoms with Crippen LogP contribution in [-0.2, 0) is 0 Å². The van der Waals surface area contributed by atoms with E-state index in [0.29, 0.717) is 12.2 Å². The molecule has 2 heterocycles. The first-order valence-electron chi connectivity index (χ1n) is 6.49. The molecule has 0 aliphatic rings. The van der Waals surface area contributed by atoms with E-state index in [-0.39, 0.29) is 17.4 Å². The van der Waals surface area contributed by atoms with Crippen molar-refractivity contribution in [3.05, 3.63) is 24.5 Å². The van der Waals surface area contributed by atoms with E-state index in [0.717, 1.165) is 22.0 Å². The number of benzene rings is 1. The molecule has 3 aromatic rings. The number of H-pyrrole nitrogens is 1. The van der Waals surface area contributed by atoms with Crippen molar-refractivity contribution < 1.29 is 10.2 Å². The van der Waals surface area contributed by atoms with Gasteiger partial charge in [0.25, 0.3) is 0 Å². The molecule has 0 saturated heterocycles. The molecule has 0 saturated carbocycles. The maximum atomic E-state index is 9.42. The van der Waals surface area contributed by atoms with Crippen molar-refractivity contribution in [2.75, 3.05) is 23.3 Å². The number of nitrogens with two attached hydrogens (primary N) is 1. The monoisotopic (exact) mass is 318 g/mol. The van der Waals surface area contributed by atoms with Gasteiger partial charge in [-0.15, -0.1) is 11.8 Å². The maximum Gasteiger partial charge on any atom is 0.223 e. The summed E-state index contributed by atoms with van der Waals surface area (Å²) in [7, 11) is 0. The molecule has 0 atom stereocenters. The lowest BCUT2D eigenvalue weighted by molar-refractivity contribution is 0.404. The van der Waals surface area contributed by atoms with Gasteiger partial charge in [-0.2, -0.15) is 4.98 Å². The van der Waals surface area contributed by atoms with Gasteiger partial charge < -0.3 is 26.2 Å². The summed E-state index contributed by atoms with van der Waals surface area (Å²) in [6.07, 6.45) is 1.56. The van der Waals surface area contributed by atoms with Gasteiger partial charge in [0, 0.05) is 24.1 Å². The topological polar surface area (TPSA) is 133 Å². The average molecular weight is 318 g/mol. The van der Waals surface area contributed by atoms with Gasteiger partial charge in [0.1, 0.15) is 10.5 Å². The summed E-state index contributed by atoms with van der Waals surface area (Å²) in [5.41, 5.74) is 7.69. The highest BCUT2D eigenvalue weighted by Gasteiger charge is 2.08. The molecule has 1 aromatic carbocycles. The van der Waals surface area contributed by atoms with Crippen molar-refractivity contribution in [3.63, 3.8) is 0 Å². The fraction of sp³-hybridized carbons (Fsp3) is 0.154. The predicted molar refractivity (Wildman–Crippen MR) is 85.1 cm³/mol. The Morgan fingerprint density at radius 3 is 2.91 bits per heavy atom. The number of nitrogens with one attached hydrogen (secondary N) is 2. The zero-order chi connectivity index (χ0) is 15.5. The number of nitrogens with zero attached hydrogens (tertiary/aromatic N) is 3. The Bertz CT molecular complexity index is 806. The second kappa shape index (κ2) is 5.98. The number of nitrogen functional groups attached to an aromatic ring is 1. The lowest BCUT2D eigenvalue weighted by atomic mass is 10.3. The molecule has 0 unspecified atom stereocenters. The van der Waals surface area contributed by atoms with Gasteiger partial charge in [-0.3, -0.25) is 0 Å². The van der Waals surface area contributed by atoms with Crippen LogP contribution in [0.4, 0.5) is 11.6 Å². The second-order valence-corrected chi connectivity index (χ2v) is 5.55. The summed E-state index contributed by atoms with van der Waals surface area (Å²) >= 11 is 1.52. The second-order valence-electron chi connectivity index (χ2n) is 4.47. The molecule has 0 fully saturated rings. The number of aromatic nitrogens is 4. The fourth-order valence-corrected chi connectivity index (χ4v) is 2.75. The van der Waals surface area contributed by atoms with Crippen molar-refractivity contribution in [3.8, 4) is 11.5 Å². The third kappa shape index (κ3) is 2.98. The third-order valence-electron chi connectivity index (χ3n) is 2.92. The minimum Gasteiger partial charge on any atom is -0.504 e. The van der Waals surface area contributed by atoms with E-state index in [1.807, 2.05) is 0 Å². The number of imidazole rings is 1. The molecule has 0 bridgehead atoms. The molecule has 8 nitrogen and oxygen atoms in total. The summed E-state index contributed by atoms with van der Waals surface area (Å²) in [6.45, 7) is 0.647. The van der Waals surface area contributed by atoms with Crippen LogP contribution in [0.15, 0.2) is 29.6 Å². The van der Waals surface area contributed by atoms with E-state index in [4.69, 9.17) is 5.73 Å². The van der Waals surface area contributed by atoms with Crippen molar-refractivity contribution in [2.24, 2.45) is 0 Å². The van der Waals surface area contributed by atoms with E-state index in [1.54, 1.807) is 12.4 Å². The van der Waals surface area contributed by atoms with Crippen LogP contribution in [0, 0.1) is 0 Å². The van der Waals surface area contributed by atoms with Gasteiger partial charge in [0.2, 0.25) is 5.95 Å². The van der Waals surface area contributed by atoms with Crippen molar-refractivity contribution in [2.45, 2.75) is 5.03 Å². The smallest absolute Gasteiger partial charge is 0.223 e. The summed E-state index contributed by atoms with van der Waals surface area (Å²) in [4.78, 5) is 15.3. The molecule has 0 aliphatic heterocycles. The quantitative estimate of drug-likeness (QED) is 0.157. The Morgan fingerprint density at radius 2 is 2.09 bits per heavy atom. The molecular formula is C13H14N6O2S. The van der Waals surface area contributed by atoms with Gasteiger partial charge in [0.15, 0.2) is 17.1 Å². The molecule has 0 amide bonds. The van der Waals surface area contributed by atoms with E-state index >= 15 is 0 Å². The minimum absolute atomic E-state index is 0.141. The Kier molecular flexibility index (Phi) is 3.88.